The molecular formula is C31H42N6O5. The van der Waals surface area contributed by atoms with Crippen molar-refractivity contribution in [2.24, 2.45) is 26.7 Å². The fraction of sp³-hybridized carbons (Fsp3) is 0.613. The summed E-state index contributed by atoms with van der Waals surface area (Å²) in [5.41, 5.74) is 0.143. The molecule has 0 aromatic heterocycles. The lowest BCUT2D eigenvalue weighted by Crippen LogP contribution is -2.56. The van der Waals surface area contributed by atoms with E-state index in [2.05, 4.69) is 28.1 Å². The van der Waals surface area contributed by atoms with Crippen LogP contribution in [0.4, 0.5) is 4.79 Å². The maximum Gasteiger partial charge on any atom is 0.321 e. The Labute approximate surface area is 247 Å². The van der Waals surface area contributed by atoms with Gasteiger partial charge in [-0.2, -0.15) is 0 Å². The predicted molar refractivity (Wildman–Crippen MR) is 159 cm³/mol. The van der Waals surface area contributed by atoms with Gasteiger partial charge in [-0.1, -0.05) is 24.3 Å². The SMILES string of the molecule is CNC1C=CC=C(NC(=O)N[C@@H]2N=C(C3CCCC=N3)C34CC3C=CCC4N(CC(=O)C(C)(C)COC(C)=O)C2=O)C1. The van der Waals surface area contributed by atoms with Crippen molar-refractivity contribution in [2.45, 2.75) is 83.6 Å². The summed E-state index contributed by atoms with van der Waals surface area (Å²) in [6.45, 7) is 4.47. The van der Waals surface area contributed by atoms with Crippen LogP contribution in [0.1, 0.15) is 59.3 Å². The summed E-state index contributed by atoms with van der Waals surface area (Å²) in [5, 5.41) is 8.87. The van der Waals surface area contributed by atoms with Crippen molar-refractivity contribution in [3.8, 4) is 0 Å². The maximum absolute atomic E-state index is 14.3. The Hall–Kier alpha value is -3.60. The molecular weight excluding hydrogens is 536 g/mol. The summed E-state index contributed by atoms with van der Waals surface area (Å²) < 4.78 is 5.17. The normalized spacial score (nSPS) is 31.7. The van der Waals surface area contributed by atoms with Gasteiger partial charge in [0.1, 0.15) is 6.61 Å². The number of rotatable bonds is 9. The van der Waals surface area contributed by atoms with Crippen LogP contribution in [0.2, 0.25) is 0 Å². The highest BCUT2D eigenvalue weighted by atomic mass is 16.5. The number of nitrogens with zero attached hydrogens (tertiary/aromatic N) is 3. The Kier molecular flexibility index (Phi) is 8.50. The van der Waals surface area contributed by atoms with Crippen LogP contribution in [-0.2, 0) is 19.1 Å². The lowest BCUT2D eigenvalue weighted by molar-refractivity contribution is -0.149. The van der Waals surface area contributed by atoms with Crippen molar-refractivity contribution in [3.63, 3.8) is 0 Å². The minimum absolute atomic E-state index is 0.0820. The second kappa shape index (κ2) is 11.9. The largest absolute Gasteiger partial charge is 0.465 e. The van der Waals surface area contributed by atoms with Crippen molar-refractivity contribution >= 4 is 35.6 Å². The number of hydrogen-bond acceptors (Lipinski definition) is 8. The van der Waals surface area contributed by atoms with Gasteiger partial charge < -0.3 is 25.6 Å². The molecule has 6 atom stereocenters. The number of Topliss-reactive ketones (excluding diaryl/α,β-unsaturated/α-hetero) is 1. The summed E-state index contributed by atoms with van der Waals surface area (Å²) in [6.07, 6.45) is 15.4. The zero-order chi connectivity index (χ0) is 30.1. The average molecular weight is 579 g/mol. The molecule has 3 amide bonds. The molecule has 3 N–H and O–H groups in total. The van der Waals surface area contributed by atoms with Gasteiger partial charge in [0.2, 0.25) is 6.17 Å². The number of allylic oxidation sites excluding steroid dienone is 3. The number of hydrogen-bond donors (Lipinski definition) is 3. The second-order valence-electron chi connectivity index (χ2n) is 12.6. The molecule has 5 unspecified atom stereocenters. The molecule has 0 aromatic rings. The van der Waals surface area contributed by atoms with E-state index in [0.717, 1.165) is 37.1 Å². The molecule has 5 rings (SSSR count). The van der Waals surface area contributed by atoms with Crippen molar-refractivity contribution in [2.75, 3.05) is 20.2 Å². The Bertz CT molecular complexity index is 1280. The zero-order valence-electron chi connectivity index (χ0n) is 24.9. The molecule has 42 heavy (non-hydrogen) atoms. The summed E-state index contributed by atoms with van der Waals surface area (Å²) >= 11 is 0. The van der Waals surface area contributed by atoms with E-state index in [-0.39, 0.29) is 43.0 Å². The first kappa shape index (κ1) is 29.9. The van der Waals surface area contributed by atoms with Gasteiger partial charge in [-0.05, 0) is 71.2 Å². The number of likely N-dealkylation sites (N-methyl/N-ethyl adjacent to an activating group) is 1. The van der Waals surface area contributed by atoms with Crippen molar-refractivity contribution in [1.29, 1.82) is 0 Å². The number of aliphatic imine (C=N–C) groups is 2. The third kappa shape index (κ3) is 5.97. The topological polar surface area (TPSA) is 142 Å². The van der Waals surface area contributed by atoms with Crippen LogP contribution in [-0.4, -0.2) is 85.0 Å². The van der Waals surface area contributed by atoms with E-state index < -0.39 is 34.9 Å². The fourth-order valence-corrected chi connectivity index (χ4v) is 6.58. The Morgan fingerprint density at radius 3 is 2.76 bits per heavy atom. The van der Waals surface area contributed by atoms with E-state index in [4.69, 9.17) is 14.7 Å². The van der Waals surface area contributed by atoms with Crippen LogP contribution >= 0.6 is 0 Å². The Morgan fingerprint density at radius 2 is 2.05 bits per heavy atom. The lowest BCUT2D eigenvalue weighted by atomic mass is 9.78. The lowest BCUT2D eigenvalue weighted by Gasteiger charge is -2.40. The van der Waals surface area contributed by atoms with Crippen LogP contribution in [0.25, 0.3) is 0 Å². The van der Waals surface area contributed by atoms with E-state index >= 15 is 0 Å². The van der Waals surface area contributed by atoms with Crippen LogP contribution in [0.15, 0.2) is 46.1 Å². The highest BCUT2D eigenvalue weighted by molar-refractivity contribution is 6.04. The first-order valence-electron chi connectivity index (χ1n) is 14.9. The highest BCUT2D eigenvalue weighted by Gasteiger charge is 2.66. The molecule has 1 fully saturated rings. The number of ether oxygens (including phenoxy) is 1. The summed E-state index contributed by atoms with van der Waals surface area (Å²) in [4.78, 5) is 64.1. The molecule has 1 saturated carbocycles. The molecule has 2 heterocycles. The smallest absolute Gasteiger partial charge is 0.321 e. The first-order valence-corrected chi connectivity index (χ1v) is 14.9. The summed E-state index contributed by atoms with van der Waals surface area (Å²) in [7, 11) is 1.86. The number of ketones is 1. The van der Waals surface area contributed by atoms with Gasteiger partial charge in [-0.3, -0.25) is 24.4 Å². The van der Waals surface area contributed by atoms with Crippen LogP contribution < -0.4 is 16.0 Å². The van der Waals surface area contributed by atoms with E-state index in [1.807, 2.05) is 31.5 Å². The number of carbonyl (C=O) groups excluding carboxylic acids is 4. The van der Waals surface area contributed by atoms with E-state index in [0.29, 0.717) is 12.8 Å². The molecule has 0 bridgehead atoms. The molecule has 0 aromatic carbocycles. The summed E-state index contributed by atoms with van der Waals surface area (Å²) in [5.74, 6) is -0.923. The first-order chi connectivity index (χ1) is 20.0. The van der Waals surface area contributed by atoms with Gasteiger partial charge in [0.25, 0.3) is 5.91 Å². The van der Waals surface area contributed by atoms with Gasteiger partial charge in [-0.25, -0.2) is 4.79 Å². The van der Waals surface area contributed by atoms with Crippen LogP contribution in [0, 0.1) is 16.7 Å². The van der Waals surface area contributed by atoms with Gasteiger partial charge in [-0.15, -0.1) is 0 Å². The quantitative estimate of drug-likeness (QED) is 0.284. The predicted octanol–water partition coefficient (Wildman–Crippen LogP) is 2.44. The standard InChI is InChI=1S/C31H42N6O5/c1-19(38)42-18-30(2,3)25(39)17-37-24-13-7-9-20-16-31(20,24)26(23-12-5-6-14-33-23)35-27(28(37)40)36-29(41)34-22-11-8-10-21(15-22)32-4/h7-11,14,20-21,23-24,27,32H,5-6,12-13,15-18H2,1-4H3,(H2,34,36,41)/t20?,21?,23?,24?,27-,31?/m0/s1. The Morgan fingerprint density at radius 1 is 1.24 bits per heavy atom. The molecule has 5 aliphatic rings. The maximum atomic E-state index is 14.3. The summed E-state index contributed by atoms with van der Waals surface area (Å²) in [6, 6.07) is -0.899. The number of amides is 3. The molecule has 226 valence electrons. The average Bonchev–Trinajstić information content (AvgIpc) is 3.73. The van der Waals surface area contributed by atoms with E-state index in [9.17, 15) is 19.2 Å². The second-order valence-corrected chi connectivity index (χ2v) is 12.6. The number of carbonyl (C=O) groups is 4. The van der Waals surface area contributed by atoms with E-state index in [1.54, 1.807) is 18.7 Å². The zero-order valence-corrected chi connectivity index (χ0v) is 24.9. The third-order valence-corrected chi connectivity index (χ3v) is 9.13. The minimum atomic E-state index is -1.21. The third-order valence-electron chi connectivity index (χ3n) is 9.13. The van der Waals surface area contributed by atoms with Gasteiger partial charge in [0, 0.05) is 42.3 Å². The fourth-order valence-electron chi connectivity index (χ4n) is 6.58. The minimum Gasteiger partial charge on any atom is -0.465 e. The van der Waals surface area contributed by atoms with Gasteiger partial charge in [0.05, 0.1) is 18.0 Å². The van der Waals surface area contributed by atoms with Gasteiger partial charge in [0.15, 0.2) is 5.78 Å². The van der Waals surface area contributed by atoms with Crippen LogP contribution in [0.5, 0.6) is 0 Å². The van der Waals surface area contributed by atoms with Gasteiger partial charge >= 0.3 is 12.0 Å². The Balaban J connectivity index is 1.46. The van der Waals surface area contributed by atoms with Crippen molar-refractivity contribution < 1.29 is 23.9 Å². The molecule has 11 heteroatoms. The van der Waals surface area contributed by atoms with E-state index in [1.165, 1.54) is 6.92 Å². The molecule has 0 saturated heterocycles. The molecule has 1 spiro atoms. The monoisotopic (exact) mass is 578 g/mol. The molecule has 11 nitrogen and oxygen atoms in total. The number of nitrogens with one attached hydrogen (secondary N) is 3. The number of urea groups is 1. The molecule has 2 aliphatic heterocycles. The molecule has 3 aliphatic carbocycles. The highest BCUT2D eigenvalue weighted by Crippen LogP contribution is 2.63. The molecule has 0 radical (unpaired) electrons. The van der Waals surface area contributed by atoms with Crippen molar-refractivity contribution in [3.05, 3.63) is 36.1 Å². The van der Waals surface area contributed by atoms with Crippen LogP contribution in [0.3, 0.4) is 0 Å². The van der Waals surface area contributed by atoms with Crippen molar-refractivity contribution in [1.82, 2.24) is 20.9 Å². The number of esters is 1.